The van der Waals surface area contributed by atoms with Crippen LogP contribution in [0.3, 0.4) is 0 Å². The molecule has 3 rings (SSSR count). The van der Waals surface area contributed by atoms with Crippen LogP contribution in [-0.4, -0.2) is 26.7 Å². The van der Waals surface area contributed by atoms with Gasteiger partial charge in [-0.15, -0.1) is 0 Å². The summed E-state index contributed by atoms with van der Waals surface area (Å²) >= 11 is 0. The van der Waals surface area contributed by atoms with Gasteiger partial charge >= 0.3 is 0 Å². The van der Waals surface area contributed by atoms with Crippen LogP contribution < -0.4 is 0 Å². The Hall–Kier alpha value is -1.81. The van der Waals surface area contributed by atoms with E-state index in [2.05, 4.69) is 15.0 Å². The van der Waals surface area contributed by atoms with Crippen LogP contribution in [0.15, 0.2) is 30.6 Å². The van der Waals surface area contributed by atoms with E-state index in [1.807, 2.05) is 25.1 Å². The smallest absolute Gasteiger partial charge is 0.137 e. The highest BCUT2D eigenvalue weighted by Gasteiger charge is 2.46. The van der Waals surface area contributed by atoms with Crippen molar-refractivity contribution in [3.63, 3.8) is 0 Å². The summed E-state index contributed by atoms with van der Waals surface area (Å²) < 4.78 is 0. The number of pyridine rings is 1. The Morgan fingerprint density at radius 3 is 2.78 bits per heavy atom. The van der Waals surface area contributed by atoms with Gasteiger partial charge in [-0.2, -0.15) is 0 Å². The maximum atomic E-state index is 9.47. The molecule has 1 aliphatic rings. The summed E-state index contributed by atoms with van der Waals surface area (Å²) in [6.07, 6.45) is 5.48. The molecule has 2 heterocycles. The SMILES string of the molecule is Cc1cc(-c2cccnc2)nc(C2(CO)CC2)n1. The average Bonchev–Trinajstić information content (AvgIpc) is 3.20. The highest BCUT2D eigenvalue weighted by Crippen LogP contribution is 2.46. The minimum Gasteiger partial charge on any atom is -0.395 e. The molecule has 0 radical (unpaired) electrons. The molecule has 0 bridgehead atoms. The van der Waals surface area contributed by atoms with Gasteiger partial charge in [0.15, 0.2) is 0 Å². The molecule has 4 nitrogen and oxygen atoms in total. The lowest BCUT2D eigenvalue weighted by Crippen LogP contribution is -2.17. The fourth-order valence-corrected chi connectivity index (χ4v) is 2.07. The van der Waals surface area contributed by atoms with Gasteiger partial charge in [0.25, 0.3) is 0 Å². The first kappa shape index (κ1) is 11.3. The van der Waals surface area contributed by atoms with Crippen LogP contribution >= 0.6 is 0 Å². The van der Waals surface area contributed by atoms with Crippen LogP contribution in [0.1, 0.15) is 24.4 Å². The van der Waals surface area contributed by atoms with Gasteiger partial charge in [0.05, 0.1) is 17.7 Å². The minimum absolute atomic E-state index is 0.128. The number of aliphatic hydroxyl groups excluding tert-OH is 1. The molecule has 2 aromatic rings. The van der Waals surface area contributed by atoms with Gasteiger partial charge in [0, 0.05) is 23.7 Å². The van der Waals surface area contributed by atoms with Gasteiger partial charge in [-0.05, 0) is 38.0 Å². The summed E-state index contributed by atoms with van der Waals surface area (Å²) in [6, 6.07) is 5.83. The van der Waals surface area contributed by atoms with Gasteiger partial charge in [-0.25, -0.2) is 9.97 Å². The number of aromatic nitrogens is 3. The molecule has 4 heteroatoms. The molecular formula is C14H15N3O. The van der Waals surface area contributed by atoms with Crippen molar-refractivity contribution >= 4 is 0 Å². The van der Waals surface area contributed by atoms with Crippen molar-refractivity contribution < 1.29 is 5.11 Å². The molecule has 0 spiro atoms. The van der Waals surface area contributed by atoms with Crippen molar-refractivity contribution in [2.24, 2.45) is 0 Å². The van der Waals surface area contributed by atoms with Crippen LogP contribution in [0.2, 0.25) is 0 Å². The Kier molecular flexibility index (Phi) is 2.59. The molecule has 2 aromatic heterocycles. The third kappa shape index (κ3) is 1.88. The maximum Gasteiger partial charge on any atom is 0.137 e. The zero-order valence-electron chi connectivity index (χ0n) is 10.3. The second-order valence-corrected chi connectivity index (χ2v) is 4.90. The fraction of sp³-hybridized carbons (Fsp3) is 0.357. The summed E-state index contributed by atoms with van der Waals surface area (Å²) in [7, 11) is 0. The average molecular weight is 241 g/mol. The number of aryl methyl sites for hydroxylation is 1. The zero-order chi connectivity index (χ0) is 12.6. The molecule has 0 aromatic carbocycles. The number of hydrogen-bond donors (Lipinski definition) is 1. The van der Waals surface area contributed by atoms with Gasteiger partial charge < -0.3 is 5.11 Å². The summed E-state index contributed by atoms with van der Waals surface area (Å²) in [4.78, 5) is 13.2. The first-order valence-electron chi connectivity index (χ1n) is 6.11. The number of aliphatic hydroxyl groups is 1. The maximum absolute atomic E-state index is 9.47. The molecule has 1 saturated carbocycles. The fourth-order valence-electron chi connectivity index (χ4n) is 2.07. The Balaban J connectivity index is 2.07. The Morgan fingerprint density at radius 1 is 1.33 bits per heavy atom. The molecule has 0 unspecified atom stereocenters. The van der Waals surface area contributed by atoms with Gasteiger partial charge in [-0.3, -0.25) is 4.98 Å². The lowest BCUT2D eigenvalue weighted by Gasteiger charge is -2.12. The van der Waals surface area contributed by atoms with E-state index in [-0.39, 0.29) is 12.0 Å². The molecule has 0 saturated heterocycles. The topological polar surface area (TPSA) is 58.9 Å². The first-order chi connectivity index (χ1) is 8.73. The van der Waals surface area contributed by atoms with E-state index in [0.29, 0.717) is 0 Å². The van der Waals surface area contributed by atoms with Crippen LogP contribution in [0, 0.1) is 6.92 Å². The molecule has 0 atom stereocenters. The third-order valence-electron chi connectivity index (χ3n) is 3.44. The van der Waals surface area contributed by atoms with E-state index >= 15 is 0 Å². The monoisotopic (exact) mass is 241 g/mol. The van der Waals surface area contributed by atoms with Crippen LogP contribution in [0.4, 0.5) is 0 Å². The standard InChI is InChI=1S/C14H15N3O/c1-10-7-12(11-3-2-6-15-8-11)17-13(16-10)14(9-18)4-5-14/h2-3,6-8,18H,4-5,9H2,1H3. The molecule has 1 N–H and O–H groups in total. The molecule has 0 aliphatic heterocycles. The summed E-state index contributed by atoms with van der Waals surface area (Å²) in [5.74, 6) is 0.767. The van der Waals surface area contributed by atoms with Gasteiger partial charge in [-0.1, -0.05) is 0 Å². The molecule has 1 aliphatic carbocycles. The normalized spacial score (nSPS) is 16.6. The van der Waals surface area contributed by atoms with E-state index in [4.69, 9.17) is 0 Å². The van der Waals surface area contributed by atoms with Crippen LogP contribution in [0.25, 0.3) is 11.3 Å². The Labute approximate surface area is 106 Å². The van der Waals surface area contributed by atoms with E-state index < -0.39 is 0 Å². The van der Waals surface area contributed by atoms with Crippen LogP contribution in [-0.2, 0) is 5.41 Å². The zero-order valence-corrected chi connectivity index (χ0v) is 10.3. The van der Waals surface area contributed by atoms with E-state index in [9.17, 15) is 5.11 Å². The molecule has 0 amide bonds. The third-order valence-corrected chi connectivity index (χ3v) is 3.44. The highest BCUT2D eigenvalue weighted by atomic mass is 16.3. The van der Waals surface area contributed by atoms with Crippen LogP contribution in [0.5, 0.6) is 0 Å². The second-order valence-electron chi connectivity index (χ2n) is 4.90. The summed E-state index contributed by atoms with van der Waals surface area (Å²) in [6.45, 7) is 2.08. The minimum atomic E-state index is -0.191. The van der Waals surface area contributed by atoms with Crippen molar-refractivity contribution in [1.29, 1.82) is 0 Å². The largest absolute Gasteiger partial charge is 0.395 e. The predicted molar refractivity (Wildman–Crippen MR) is 68.0 cm³/mol. The quantitative estimate of drug-likeness (QED) is 0.891. The summed E-state index contributed by atoms with van der Waals surface area (Å²) in [5, 5.41) is 9.47. The predicted octanol–water partition coefficient (Wildman–Crippen LogP) is 1.87. The molecule has 1 fully saturated rings. The first-order valence-corrected chi connectivity index (χ1v) is 6.11. The van der Waals surface area contributed by atoms with Crippen molar-refractivity contribution in [3.05, 3.63) is 42.1 Å². The van der Waals surface area contributed by atoms with Crippen molar-refractivity contribution in [2.75, 3.05) is 6.61 Å². The van der Waals surface area contributed by atoms with E-state index in [1.165, 1.54) is 0 Å². The number of hydrogen-bond acceptors (Lipinski definition) is 4. The molecule has 18 heavy (non-hydrogen) atoms. The van der Waals surface area contributed by atoms with Gasteiger partial charge in [0.1, 0.15) is 5.82 Å². The lowest BCUT2D eigenvalue weighted by molar-refractivity contribution is 0.249. The van der Waals surface area contributed by atoms with E-state index in [1.54, 1.807) is 12.4 Å². The van der Waals surface area contributed by atoms with Crippen molar-refractivity contribution in [2.45, 2.75) is 25.2 Å². The summed E-state index contributed by atoms with van der Waals surface area (Å²) in [5.41, 5.74) is 2.60. The number of nitrogens with zero attached hydrogens (tertiary/aromatic N) is 3. The van der Waals surface area contributed by atoms with Gasteiger partial charge in [0.2, 0.25) is 0 Å². The number of rotatable bonds is 3. The lowest BCUT2D eigenvalue weighted by atomic mass is 10.1. The highest BCUT2D eigenvalue weighted by molar-refractivity contribution is 5.58. The molecule has 92 valence electrons. The second kappa shape index (κ2) is 4.14. The van der Waals surface area contributed by atoms with Crippen molar-refractivity contribution in [1.82, 2.24) is 15.0 Å². The Bertz CT molecular complexity index is 565. The van der Waals surface area contributed by atoms with E-state index in [0.717, 1.165) is 35.6 Å². The van der Waals surface area contributed by atoms with Crippen molar-refractivity contribution in [3.8, 4) is 11.3 Å². The Morgan fingerprint density at radius 2 is 2.17 bits per heavy atom. The molecular weight excluding hydrogens is 226 g/mol.